The molecule has 3 saturated carbocycles. The fourth-order valence-corrected chi connectivity index (χ4v) is 12.2. The summed E-state index contributed by atoms with van der Waals surface area (Å²) in [5.41, 5.74) is -0.730. The third kappa shape index (κ3) is 5.37. The minimum atomic E-state index is -1.81. The summed E-state index contributed by atoms with van der Waals surface area (Å²) in [5, 5.41) is 64.8. The first-order valence-electron chi connectivity index (χ1n) is 19.3. The fraction of sp³-hybridized carbons (Fsp3) is 0.947. The maximum absolute atomic E-state index is 12.1. The molecule has 284 valence electrons. The molecule has 12 heteroatoms. The van der Waals surface area contributed by atoms with Crippen LogP contribution in [-0.2, 0) is 28.4 Å². The monoisotopic (exact) mass is 708 g/mol. The van der Waals surface area contributed by atoms with E-state index in [1.807, 2.05) is 0 Å². The van der Waals surface area contributed by atoms with Crippen molar-refractivity contribution in [2.45, 2.75) is 159 Å². The van der Waals surface area contributed by atoms with Crippen molar-refractivity contribution in [3.63, 3.8) is 0 Å². The van der Waals surface area contributed by atoms with E-state index in [0.29, 0.717) is 30.1 Å². The fourth-order valence-electron chi connectivity index (χ4n) is 12.2. The van der Waals surface area contributed by atoms with Crippen LogP contribution < -0.4 is 0 Å². The zero-order chi connectivity index (χ0) is 35.5. The zero-order valence-electron chi connectivity index (χ0n) is 30.2. The summed E-state index contributed by atoms with van der Waals surface area (Å²) < 4.78 is 36.5. The summed E-state index contributed by atoms with van der Waals surface area (Å²) in [6.07, 6.45) is 0.272. The average molecular weight is 709 g/mol. The smallest absolute Gasteiger partial charge is 0.186 e. The van der Waals surface area contributed by atoms with Crippen LogP contribution in [0.2, 0.25) is 0 Å². The standard InChI is InChI=1S/C38H60O12/c1-18-8-11-38(47-15-18)19(2)28-26(50-38)13-25-23-7-6-21-12-22(9-10-35(21,4)24(23)14-27(39)36(25,28)5)49-34-32(43)37(44,17-46-34)16-45-33-31(42)30(41)29(40)20(3)48-33/h6,18-20,22-34,39-44H,7-17H2,1-5H3/t18-,19+,20+,22+,23-,24+,25+,26+,27+,28+,29+,30-,31-,32+,33-,34+,35+,36-,37+,38-/m1/s1. The molecule has 0 radical (unpaired) electrons. The lowest BCUT2D eigenvalue weighted by Gasteiger charge is -2.60. The van der Waals surface area contributed by atoms with Gasteiger partial charge in [0.05, 0.1) is 44.2 Å². The lowest BCUT2D eigenvalue weighted by molar-refractivity contribution is -0.303. The Labute approximate surface area is 295 Å². The van der Waals surface area contributed by atoms with Crippen LogP contribution in [0.25, 0.3) is 0 Å². The number of aliphatic hydroxyl groups excluding tert-OH is 5. The number of allylic oxidation sites excluding steroid dienone is 1. The number of hydrogen-bond donors (Lipinski definition) is 6. The topological polar surface area (TPSA) is 177 Å². The largest absolute Gasteiger partial charge is 0.393 e. The highest BCUT2D eigenvalue weighted by molar-refractivity contribution is 5.27. The maximum Gasteiger partial charge on any atom is 0.186 e. The van der Waals surface area contributed by atoms with Gasteiger partial charge in [-0.2, -0.15) is 0 Å². The van der Waals surface area contributed by atoms with E-state index in [4.69, 9.17) is 28.4 Å². The molecular formula is C38H60O12. The third-order valence-corrected chi connectivity index (χ3v) is 15.4. The molecule has 0 unspecified atom stereocenters. The van der Waals surface area contributed by atoms with Crippen molar-refractivity contribution in [2.75, 3.05) is 19.8 Å². The summed E-state index contributed by atoms with van der Waals surface area (Å²) in [4.78, 5) is 0. The Morgan fingerprint density at radius 2 is 1.70 bits per heavy atom. The van der Waals surface area contributed by atoms with E-state index in [2.05, 4.69) is 33.8 Å². The maximum atomic E-state index is 12.1. The summed E-state index contributed by atoms with van der Waals surface area (Å²) in [7, 11) is 0. The lowest BCUT2D eigenvalue weighted by Crippen LogP contribution is -2.59. The number of rotatable bonds is 5. The van der Waals surface area contributed by atoms with Crippen LogP contribution in [0.3, 0.4) is 0 Å². The van der Waals surface area contributed by atoms with Gasteiger partial charge >= 0.3 is 0 Å². The minimum absolute atomic E-state index is 0.0566. The summed E-state index contributed by atoms with van der Waals surface area (Å²) >= 11 is 0. The first kappa shape index (κ1) is 36.2. The van der Waals surface area contributed by atoms with Crippen molar-refractivity contribution in [2.24, 2.45) is 46.3 Å². The number of hydrogen-bond acceptors (Lipinski definition) is 12. The highest BCUT2D eigenvalue weighted by Crippen LogP contribution is 2.70. The molecule has 7 fully saturated rings. The second-order valence-corrected chi connectivity index (χ2v) is 18.1. The molecule has 0 aromatic heterocycles. The van der Waals surface area contributed by atoms with E-state index in [1.165, 1.54) is 5.57 Å². The van der Waals surface area contributed by atoms with Crippen LogP contribution >= 0.6 is 0 Å². The van der Waals surface area contributed by atoms with Crippen LogP contribution in [0.4, 0.5) is 0 Å². The Balaban J connectivity index is 0.908. The van der Waals surface area contributed by atoms with Gasteiger partial charge in [0.25, 0.3) is 0 Å². The van der Waals surface area contributed by atoms with E-state index in [1.54, 1.807) is 6.92 Å². The molecule has 20 atom stereocenters. The van der Waals surface area contributed by atoms with Gasteiger partial charge in [0, 0.05) is 23.7 Å². The Bertz CT molecular complexity index is 1300. The highest BCUT2D eigenvalue weighted by atomic mass is 16.7. The quantitative estimate of drug-likeness (QED) is 0.230. The lowest BCUT2D eigenvalue weighted by atomic mass is 9.46. The Hall–Kier alpha value is -0.740. The Kier molecular flexibility index (Phi) is 9.18. The van der Waals surface area contributed by atoms with Crippen LogP contribution in [-0.4, -0.2) is 123 Å². The van der Waals surface area contributed by atoms with Crippen LogP contribution in [0.5, 0.6) is 0 Å². The van der Waals surface area contributed by atoms with Crippen molar-refractivity contribution >= 4 is 0 Å². The summed E-state index contributed by atoms with van der Waals surface area (Å²) in [5.74, 6) is 1.80. The molecule has 4 heterocycles. The van der Waals surface area contributed by atoms with E-state index in [0.717, 1.165) is 51.6 Å². The molecule has 4 aliphatic carbocycles. The number of ether oxygens (including phenoxy) is 6. The first-order valence-corrected chi connectivity index (χ1v) is 19.3. The molecule has 50 heavy (non-hydrogen) atoms. The van der Waals surface area contributed by atoms with Gasteiger partial charge in [0.2, 0.25) is 0 Å². The van der Waals surface area contributed by atoms with Gasteiger partial charge in [-0.15, -0.1) is 0 Å². The van der Waals surface area contributed by atoms with Gasteiger partial charge in [-0.1, -0.05) is 39.3 Å². The van der Waals surface area contributed by atoms with Gasteiger partial charge in [0.1, 0.15) is 30.0 Å². The van der Waals surface area contributed by atoms with Crippen molar-refractivity contribution < 1.29 is 59.1 Å². The van der Waals surface area contributed by atoms with Gasteiger partial charge in [-0.3, -0.25) is 0 Å². The molecule has 8 rings (SSSR count). The molecule has 1 spiro atoms. The van der Waals surface area contributed by atoms with Crippen molar-refractivity contribution in [1.82, 2.24) is 0 Å². The normalized spacial score (nSPS) is 59.1. The molecule has 0 bridgehead atoms. The molecule has 6 N–H and O–H groups in total. The second-order valence-electron chi connectivity index (χ2n) is 18.1. The van der Waals surface area contributed by atoms with Gasteiger partial charge in [0.15, 0.2) is 18.4 Å². The third-order valence-electron chi connectivity index (χ3n) is 15.4. The minimum Gasteiger partial charge on any atom is -0.393 e. The molecule has 4 aliphatic heterocycles. The van der Waals surface area contributed by atoms with Crippen LogP contribution in [0.1, 0.15) is 86.0 Å². The SMILES string of the molecule is C[C@@H]1CC[C@@]2(OC1)O[C@H]1C[C@H]3[C@@H]4CC=C5C[C@@H](O[C@@H]6OC[C@@](O)(CO[C@@H]7O[C@@H](C)[C@H](O)[C@@H](O)[C@H]7O)[C@H]6O)CC[C@]5(C)[C@H]4C[C@H](O)[C@]3(C)[C@H]1[C@@H]2C. The predicted octanol–water partition coefficient (Wildman–Crippen LogP) is 2.00. The van der Waals surface area contributed by atoms with Gasteiger partial charge < -0.3 is 59.1 Å². The van der Waals surface area contributed by atoms with Crippen molar-refractivity contribution in [1.29, 1.82) is 0 Å². The van der Waals surface area contributed by atoms with Gasteiger partial charge in [-0.05, 0) is 81.0 Å². The Morgan fingerprint density at radius 3 is 2.44 bits per heavy atom. The molecule has 0 amide bonds. The predicted molar refractivity (Wildman–Crippen MR) is 177 cm³/mol. The van der Waals surface area contributed by atoms with Crippen LogP contribution in [0.15, 0.2) is 11.6 Å². The van der Waals surface area contributed by atoms with Crippen molar-refractivity contribution in [3.05, 3.63) is 11.6 Å². The second kappa shape index (κ2) is 12.7. The number of aliphatic hydroxyl groups is 6. The molecule has 0 aromatic carbocycles. The van der Waals surface area contributed by atoms with Crippen molar-refractivity contribution in [3.8, 4) is 0 Å². The zero-order valence-corrected chi connectivity index (χ0v) is 30.2. The average Bonchev–Trinajstić information content (AvgIpc) is 3.65. The van der Waals surface area contributed by atoms with E-state index >= 15 is 0 Å². The summed E-state index contributed by atoms with van der Waals surface area (Å²) in [6, 6.07) is 0. The summed E-state index contributed by atoms with van der Waals surface area (Å²) in [6.45, 7) is 10.9. The van der Waals surface area contributed by atoms with E-state index < -0.39 is 67.2 Å². The van der Waals surface area contributed by atoms with Crippen LogP contribution in [0, 0.1) is 46.3 Å². The van der Waals surface area contributed by atoms with E-state index in [-0.39, 0.29) is 41.5 Å². The molecule has 12 nitrogen and oxygen atoms in total. The number of fused-ring (bicyclic) bond motifs is 7. The first-order chi connectivity index (χ1) is 23.6. The Morgan fingerprint density at radius 1 is 0.920 bits per heavy atom. The highest BCUT2D eigenvalue weighted by Gasteiger charge is 2.71. The molecule has 8 aliphatic rings. The molecular weight excluding hydrogens is 648 g/mol. The van der Waals surface area contributed by atoms with Gasteiger partial charge in [-0.25, -0.2) is 0 Å². The van der Waals surface area contributed by atoms with E-state index in [9.17, 15) is 30.6 Å². The molecule has 0 aromatic rings. The molecule has 4 saturated heterocycles.